The lowest BCUT2D eigenvalue weighted by Crippen LogP contribution is -2.33. The maximum Gasteiger partial charge on any atom is 0.135 e. The molecule has 2 aliphatic rings. The van der Waals surface area contributed by atoms with Crippen molar-refractivity contribution < 1.29 is 0 Å². The normalized spacial score (nSPS) is 23.5. The Morgan fingerprint density at radius 1 is 1.05 bits per heavy atom. The number of aromatic nitrogens is 3. The summed E-state index contributed by atoms with van der Waals surface area (Å²) >= 11 is 0. The largest absolute Gasteiger partial charge is 0.316 e. The number of nitrogens with one attached hydrogen (secondary N) is 1. The Morgan fingerprint density at radius 2 is 1.81 bits per heavy atom. The summed E-state index contributed by atoms with van der Waals surface area (Å²) in [6.07, 6.45) is 9.56. The average Bonchev–Trinajstić information content (AvgIpc) is 2.92. The minimum absolute atomic E-state index is 0.472. The highest BCUT2D eigenvalue weighted by molar-refractivity contribution is 5.03. The molecular weight excluding hydrogens is 260 g/mol. The van der Waals surface area contributed by atoms with E-state index in [1.165, 1.54) is 56.7 Å². The van der Waals surface area contributed by atoms with Gasteiger partial charge in [0.25, 0.3) is 0 Å². The van der Waals surface area contributed by atoms with Gasteiger partial charge >= 0.3 is 0 Å². The molecule has 0 aromatic carbocycles. The SMILES string of the molecule is CC(C)c1nnc2n1CC(CNCC1CCCCC1)CC2. The first kappa shape index (κ1) is 15.0. The molecule has 0 radical (unpaired) electrons. The van der Waals surface area contributed by atoms with Crippen molar-refractivity contribution in [3.8, 4) is 0 Å². The number of hydrogen-bond donors (Lipinski definition) is 1. The first-order valence-corrected chi connectivity index (χ1v) is 8.86. The monoisotopic (exact) mass is 290 g/mol. The molecule has 1 aromatic rings. The van der Waals surface area contributed by atoms with E-state index in [0.717, 1.165) is 31.3 Å². The molecule has 1 N–H and O–H groups in total. The molecule has 1 fully saturated rings. The lowest BCUT2D eigenvalue weighted by Gasteiger charge is -2.27. The van der Waals surface area contributed by atoms with Crippen molar-refractivity contribution in [2.75, 3.05) is 13.1 Å². The van der Waals surface area contributed by atoms with E-state index >= 15 is 0 Å². The second kappa shape index (κ2) is 6.91. The number of aryl methyl sites for hydroxylation is 1. The summed E-state index contributed by atoms with van der Waals surface area (Å²) in [5.74, 6) is 4.51. The molecular formula is C17H30N4. The Bertz CT molecular complexity index is 446. The number of hydrogen-bond acceptors (Lipinski definition) is 3. The molecule has 4 nitrogen and oxygen atoms in total. The Kier molecular flexibility index (Phi) is 4.94. The van der Waals surface area contributed by atoms with Gasteiger partial charge < -0.3 is 9.88 Å². The Labute approximate surface area is 128 Å². The highest BCUT2D eigenvalue weighted by Gasteiger charge is 2.24. The molecule has 1 aliphatic heterocycles. The van der Waals surface area contributed by atoms with Crippen LogP contribution in [-0.4, -0.2) is 27.9 Å². The molecule has 2 heterocycles. The smallest absolute Gasteiger partial charge is 0.135 e. The summed E-state index contributed by atoms with van der Waals surface area (Å²) in [7, 11) is 0. The summed E-state index contributed by atoms with van der Waals surface area (Å²) in [5.41, 5.74) is 0. The van der Waals surface area contributed by atoms with Crippen molar-refractivity contribution in [2.24, 2.45) is 11.8 Å². The molecule has 4 heteroatoms. The van der Waals surface area contributed by atoms with Crippen LogP contribution in [0.5, 0.6) is 0 Å². The summed E-state index contributed by atoms with van der Waals surface area (Å²) in [6.45, 7) is 7.91. The molecule has 21 heavy (non-hydrogen) atoms. The zero-order valence-corrected chi connectivity index (χ0v) is 13.6. The molecule has 1 unspecified atom stereocenters. The second-order valence-electron chi connectivity index (χ2n) is 7.31. The van der Waals surface area contributed by atoms with E-state index in [1.807, 2.05) is 0 Å². The van der Waals surface area contributed by atoms with Crippen LogP contribution >= 0.6 is 0 Å². The predicted molar refractivity (Wildman–Crippen MR) is 85.4 cm³/mol. The summed E-state index contributed by atoms with van der Waals surface area (Å²) in [5, 5.41) is 12.5. The van der Waals surface area contributed by atoms with Crippen molar-refractivity contribution in [3.05, 3.63) is 11.6 Å². The van der Waals surface area contributed by atoms with Crippen molar-refractivity contribution >= 4 is 0 Å². The highest BCUT2D eigenvalue weighted by Crippen LogP contribution is 2.24. The van der Waals surface area contributed by atoms with Crippen LogP contribution in [0.4, 0.5) is 0 Å². The molecule has 0 saturated heterocycles. The minimum Gasteiger partial charge on any atom is -0.316 e. The van der Waals surface area contributed by atoms with Crippen LogP contribution in [0.1, 0.15) is 69.9 Å². The predicted octanol–water partition coefficient (Wildman–Crippen LogP) is 3.13. The maximum absolute atomic E-state index is 4.38. The zero-order chi connectivity index (χ0) is 14.7. The van der Waals surface area contributed by atoms with E-state index in [1.54, 1.807) is 0 Å². The number of rotatable bonds is 5. The molecule has 0 spiro atoms. The van der Waals surface area contributed by atoms with Crippen LogP contribution in [0, 0.1) is 11.8 Å². The first-order chi connectivity index (χ1) is 10.2. The van der Waals surface area contributed by atoms with Gasteiger partial charge in [-0.05, 0) is 44.2 Å². The van der Waals surface area contributed by atoms with Gasteiger partial charge in [0.2, 0.25) is 0 Å². The molecule has 1 saturated carbocycles. The number of nitrogens with zero attached hydrogens (tertiary/aromatic N) is 3. The fraction of sp³-hybridized carbons (Fsp3) is 0.882. The number of fused-ring (bicyclic) bond motifs is 1. The van der Waals surface area contributed by atoms with Gasteiger partial charge in [-0.3, -0.25) is 0 Å². The van der Waals surface area contributed by atoms with Gasteiger partial charge in [0, 0.05) is 18.9 Å². The zero-order valence-electron chi connectivity index (χ0n) is 13.6. The van der Waals surface area contributed by atoms with Crippen molar-refractivity contribution in [1.29, 1.82) is 0 Å². The third-order valence-corrected chi connectivity index (χ3v) is 5.18. The van der Waals surface area contributed by atoms with Crippen LogP contribution < -0.4 is 5.32 Å². The molecule has 1 atom stereocenters. The molecule has 3 rings (SSSR count). The van der Waals surface area contributed by atoms with Gasteiger partial charge in [0.1, 0.15) is 11.6 Å². The molecule has 118 valence electrons. The lowest BCUT2D eigenvalue weighted by atomic mass is 9.89. The minimum atomic E-state index is 0.472. The summed E-state index contributed by atoms with van der Waals surface area (Å²) in [4.78, 5) is 0. The van der Waals surface area contributed by atoms with E-state index in [-0.39, 0.29) is 0 Å². The Balaban J connectivity index is 1.48. The first-order valence-electron chi connectivity index (χ1n) is 8.86. The topological polar surface area (TPSA) is 42.7 Å². The van der Waals surface area contributed by atoms with Gasteiger partial charge in [-0.1, -0.05) is 33.1 Å². The Morgan fingerprint density at radius 3 is 2.57 bits per heavy atom. The van der Waals surface area contributed by atoms with Crippen LogP contribution in [0.15, 0.2) is 0 Å². The van der Waals surface area contributed by atoms with Gasteiger partial charge in [-0.2, -0.15) is 0 Å². The fourth-order valence-electron chi connectivity index (χ4n) is 3.89. The van der Waals surface area contributed by atoms with E-state index in [4.69, 9.17) is 0 Å². The van der Waals surface area contributed by atoms with Crippen molar-refractivity contribution in [3.63, 3.8) is 0 Å². The third kappa shape index (κ3) is 3.65. The van der Waals surface area contributed by atoms with Crippen LogP contribution in [-0.2, 0) is 13.0 Å². The molecule has 1 aromatic heterocycles. The van der Waals surface area contributed by atoms with E-state index in [0.29, 0.717) is 5.92 Å². The summed E-state index contributed by atoms with van der Waals surface area (Å²) in [6, 6.07) is 0. The highest BCUT2D eigenvalue weighted by atomic mass is 15.3. The average molecular weight is 290 g/mol. The van der Waals surface area contributed by atoms with Gasteiger partial charge in [-0.25, -0.2) is 0 Å². The Hall–Kier alpha value is -0.900. The standard InChI is InChI=1S/C17H30N4/c1-13(2)17-20-19-16-9-8-15(12-21(16)17)11-18-10-14-6-4-3-5-7-14/h13-15,18H,3-12H2,1-2H3. The summed E-state index contributed by atoms with van der Waals surface area (Å²) < 4.78 is 2.38. The third-order valence-electron chi connectivity index (χ3n) is 5.18. The molecule has 0 amide bonds. The van der Waals surface area contributed by atoms with E-state index < -0.39 is 0 Å². The van der Waals surface area contributed by atoms with Gasteiger partial charge in [0.05, 0.1) is 0 Å². The van der Waals surface area contributed by atoms with Crippen molar-refractivity contribution in [1.82, 2.24) is 20.1 Å². The van der Waals surface area contributed by atoms with Crippen LogP contribution in [0.25, 0.3) is 0 Å². The van der Waals surface area contributed by atoms with Crippen LogP contribution in [0.3, 0.4) is 0 Å². The second-order valence-corrected chi connectivity index (χ2v) is 7.31. The maximum atomic E-state index is 4.38. The van der Waals surface area contributed by atoms with Gasteiger partial charge in [-0.15, -0.1) is 10.2 Å². The molecule has 1 aliphatic carbocycles. The fourth-order valence-corrected chi connectivity index (χ4v) is 3.89. The van der Waals surface area contributed by atoms with E-state index in [2.05, 4.69) is 33.9 Å². The van der Waals surface area contributed by atoms with E-state index in [9.17, 15) is 0 Å². The lowest BCUT2D eigenvalue weighted by molar-refractivity contribution is 0.304. The van der Waals surface area contributed by atoms with Crippen molar-refractivity contribution in [2.45, 2.75) is 71.3 Å². The van der Waals surface area contributed by atoms with Gasteiger partial charge in [0.15, 0.2) is 0 Å². The quantitative estimate of drug-likeness (QED) is 0.906. The molecule has 0 bridgehead atoms. The van der Waals surface area contributed by atoms with Crippen LogP contribution in [0.2, 0.25) is 0 Å².